The van der Waals surface area contributed by atoms with Gasteiger partial charge in [0.15, 0.2) is 0 Å². The van der Waals surface area contributed by atoms with E-state index in [-0.39, 0.29) is 11.3 Å². The second-order valence-electron chi connectivity index (χ2n) is 5.74. The summed E-state index contributed by atoms with van der Waals surface area (Å²) in [6, 6.07) is 8.00. The number of rotatable bonds is 6. The van der Waals surface area contributed by atoms with Gasteiger partial charge in [0.1, 0.15) is 5.75 Å². The van der Waals surface area contributed by atoms with Crippen molar-refractivity contribution in [2.24, 2.45) is 0 Å². The number of benzene rings is 1. The zero-order chi connectivity index (χ0) is 14.6. The number of hydrogen-bond donors (Lipinski definition) is 0. The molecule has 1 aliphatic carbocycles. The Morgan fingerprint density at radius 3 is 2.40 bits per heavy atom. The summed E-state index contributed by atoms with van der Waals surface area (Å²) in [7, 11) is 3.60. The Morgan fingerprint density at radius 2 is 1.95 bits per heavy atom. The minimum atomic E-state index is -0.283. The summed E-state index contributed by atoms with van der Waals surface area (Å²) in [4.78, 5) is 14.7. The maximum atomic E-state index is 12.8. The molecule has 0 spiro atoms. The Balaban J connectivity index is 2.17. The first-order chi connectivity index (χ1) is 9.64. The number of carbonyl (C=O) groups excluding carboxylic acids is 1. The number of methoxy groups -OCH3 is 1. The number of carbonyl (C=O) groups is 1. The molecule has 2 rings (SSSR count). The first-order valence-electron chi connectivity index (χ1n) is 7.54. The van der Waals surface area contributed by atoms with E-state index in [9.17, 15) is 4.79 Å². The molecule has 0 aliphatic heterocycles. The molecule has 0 atom stereocenters. The molecule has 0 saturated heterocycles. The maximum absolute atomic E-state index is 12.8. The monoisotopic (exact) mass is 275 g/mol. The van der Waals surface area contributed by atoms with E-state index in [1.54, 1.807) is 7.11 Å². The third-order valence-electron chi connectivity index (χ3n) is 4.45. The van der Waals surface area contributed by atoms with E-state index in [2.05, 4.69) is 6.92 Å². The van der Waals surface area contributed by atoms with Gasteiger partial charge >= 0.3 is 0 Å². The van der Waals surface area contributed by atoms with Crippen LogP contribution < -0.4 is 4.74 Å². The lowest BCUT2D eigenvalue weighted by atomic mass is 9.63. The Morgan fingerprint density at radius 1 is 1.30 bits per heavy atom. The quantitative estimate of drug-likeness (QED) is 0.796. The van der Waals surface area contributed by atoms with Crippen LogP contribution in [0.4, 0.5) is 0 Å². The highest BCUT2D eigenvalue weighted by Crippen LogP contribution is 2.45. The molecule has 0 radical (unpaired) electrons. The lowest BCUT2D eigenvalue weighted by Gasteiger charge is -2.43. The molecular formula is C17H25NO2. The molecular weight excluding hydrogens is 250 g/mol. The van der Waals surface area contributed by atoms with Crippen molar-refractivity contribution in [1.29, 1.82) is 0 Å². The Hall–Kier alpha value is -1.51. The van der Waals surface area contributed by atoms with Crippen molar-refractivity contribution in [3.63, 3.8) is 0 Å². The van der Waals surface area contributed by atoms with Crippen LogP contribution in [-0.2, 0) is 10.2 Å². The zero-order valence-corrected chi connectivity index (χ0v) is 12.8. The second-order valence-corrected chi connectivity index (χ2v) is 5.74. The van der Waals surface area contributed by atoms with Crippen molar-refractivity contribution in [1.82, 2.24) is 4.90 Å². The van der Waals surface area contributed by atoms with Crippen LogP contribution in [0.3, 0.4) is 0 Å². The van der Waals surface area contributed by atoms with E-state index in [1.165, 1.54) is 0 Å². The van der Waals surface area contributed by atoms with E-state index in [0.717, 1.165) is 50.0 Å². The lowest BCUT2D eigenvalue weighted by molar-refractivity contribution is -0.139. The second kappa shape index (κ2) is 6.29. The molecule has 0 unspecified atom stereocenters. The van der Waals surface area contributed by atoms with Gasteiger partial charge in [0, 0.05) is 13.6 Å². The fourth-order valence-corrected chi connectivity index (χ4v) is 2.93. The minimum absolute atomic E-state index is 0.280. The molecule has 110 valence electrons. The van der Waals surface area contributed by atoms with Gasteiger partial charge in [-0.3, -0.25) is 4.79 Å². The lowest BCUT2D eigenvalue weighted by Crippen LogP contribution is -2.50. The highest BCUT2D eigenvalue weighted by Gasteiger charge is 2.46. The topological polar surface area (TPSA) is 29.5 Å². The van der Waals surface area contributed by atoms with Crippen molar-refractivity contribution in [2.75, 3.05) is 20.7 Å². The molecule has 3 nitrogen and oxygen atoms in total. The predicted molar refractivity (Wildman–Crippen MR) is 81.1 cm³/mol. The van der Waals surface area contributed by atoms with E-state index in [4.69, 9.17) is 4.74 Å². The summed E-state index contributed by atoms with van der Waals surface area (Å²) >= 11 is 0. The molecule has 0 N–H and O–H groups in total. The summed E-state index contributed by atoms with van der Waals surface area (Å²) in [6.45, 7) is 3.01. The Kier molecular flexibility index (Phi) is 4.69. The van der Waals surface area contributed by atoms with Crippen LogP contribution in [0.15, 0.2) is 24.3 Å². The molecule has 0 bridgehead atoms. The maximum Gasteiger partial charge on any atom is 0.232 e. The van der Waals surface area contributed by atoms with Crippen molar-refractivity contribution in [3.8, 4) is 5.75 Å². The summed E-state index contributed by atoms with van der Waals surface area (Å²) in [6.07, 6.45) is 5.26. The van der Waals surface area contributed by atoms with Gasteiger partial charge in [0.2, 0.25) is 5.91 Å². The number of hydrogen-bond acceptors (Lipinski definition) is 2. The van der Waals surface area contributed by atoms with Crippen LogP contribution in [0, 0.1) is 0 Å². The van der Waals surface area contributed by atoms with Gasteiger partial charge in [-0.05, 0) is 37.0 Å². The molecule has 1 aromatic rings. The standard InChI is InChI=1S/C17H25NO2/c1-4-5-13-18(2)16(19)17(11-6-12-17)14-7-9-15(20-3)10-8-14/h7-10H,4-6,11-13H2,1-3H3. The van der Waals surface area contributed by atoms with Gasteiger partial charge in [-0.2, -0.15) is 0 Å². The first kappa shape index (κ1) is 14.9. The molecule has 1 saturated carbocycles. The summed E-state index contributed by atoms with van der Waals surface area (Å²) in [5.74, 6) is 1.12. The third kappa shape index (κ3) is 2.67. The third-order valence-corrected chi connectivity index (χ3v) is 4.45. The van der Waals surface area contributed by atoms with Gasteiger partial charge in [0.25, 0.3) is 0 Å². The van der Waals surface area contributed by atoms with Gasteiger partial charge < -0.3 is 9.64 Å². The first-order valence-corrected chi connectivity index (χ1v) is 7.54. The highest BCUT2D eigenvalue weighted by atomic mass is 16.5. The molecule has 0 aromatic heterocycles. The van der Waals surface area contributed by atoms with Gasteiger partial charge in [-0.1, -0.05) is 31.9 Å². The van der Waals surface area contributed by atoms with Gasteiger partial charge in [-0.15, -0.1) is 0 Å². The number of amides is 1. The van der Waals surface area contributed by atoms with Crippen LogP contribution in [-0.4, -0.2) is 31.5 Å². The van der Waals surface area contributed by atoms with Gasteiger partial charge in [-0.25, -0.2) is 0 Å². The van der Waals surface area contributed by atoms with E-state index >= 15 is 0 Å². The predicted octanol–water partition coefficient (Wildman–Crippen LogP) is 3.38. The van der Waals surface area contributed by atoms with Crippen LogP contribution in [0.2, 0.25) is 0 Å². The SMILES string of the molecule is CCCCN(C)C(=O)C1(c2ccc(OC)cc2)CCC1. The molecule has 1 amide bonds. The number of nitrogens with zero attached hydrogens (tertiary/aromatic N) is 1. The smallest absolute Gasteiger partial charge is 0.232 e. The summed E-state index contributed by atoms with van der Waals surface area (Å²) < 4.78 is 5.20. The highest BCUT2D eigenvalue weighted by molar-refractivity contribution is 5.89. The molecule has 1 aliphatic rings. The van der Waals surface area contributed by atoms with Crippen molar-refractivity contribution >= 4 is 5.91 Å². The molecule has 0 heterocycles. The average Bonchev–Trinajstić information content (AvgIpc) is 2.44. The minimum Gasteiger partial charge on any atom is -0.497 e. The average molecular weight is 275 g/mol. The molecule has 3 heteroatoms. The van der Waals surface area contributed by atoms with E-state index in [0.29, 0.717) is 0 Å². The molecule has 1 aromatic carbocycles. The largest absolute Gasteiger partial charge is 0.497 e. The molecule has 20 heavy (non-hydrogen) atoms. The van der Waals surface area contributed by atoms with Crippen LogP contribution >= 0.6 is 0 Å². The Labute approximate surface area is 121 Å². The fourth-order valence-electron chi connectivity index (χ4n) is 2.93. The van der Waals surface area contributed by atoms with Crippen molar-refractivity contribution in [2.45, 2.75) is 44.4 Å². The number of ether oxygens (including phenoxy) is 1. The van der Waals surface area contributed by atoms with Crippen LogP contribution in [0.1, 0.15) is 44.6 Å². The normalized spacial score (nSPS) is 16.4. The van der Waals surface area contributed by atoms with Crippen molar-refractivity contribution in [3.05, 3.63) is 29.8 Å². The summed E-state index contributed by atoms with van der Waals surface area (Å²) in [5.41, 5.74) is 0.854. The fraction of sp³-hybridized carbons (Fsp3) is 0.588. The zero-order valence-electron chi connectivity index (χ0n) is 12.8. The van der Waals surface area contributed by atoms with E-state index < -0.39 is 0 Å². The van der Waals surface area contributed by atoms with Gasteiger partial charge in [0.05, 0.1) is 12.5 Å². The number of likely N-dealkylation sites (N-methyl/N-ethyl adjacent to an activating group) is 1. The molecule has 1 fully saturated rings. The summed E-state index contributed by atoms with van der Waals surface area (Å²) in [5, 5.41) is 0. The van der Waals surface area contributed by atoms with Crippen LogP contribution in [0.25, 0.3) is 0 Å². The van der Waals surface area contributed by atoms with E-state index in [1.807, 2.05) is 36.2 Å². The van der Waals surface area contributed by atoms with Crippen LogP contribution in [0.5, 0.6) is 5.75 Å². The number of unbranched alkanes of at least 4 members (excludes halogenated alkanes) is 1. The van der Waals surface area contributed by atoms with Crippen molar-refractivity contribution < 1.29 is 9.53 Å². The Bertz CT molecular complexity index is 449.